The number of hydrogen-bond donors (Lipinski definition) is 1. The molecule has 100 valence electrons. The first kappa shape index (κ1) is 15.0. The van der Waals surface area contributed by atoms with Crippen LogP contribution in [0.15, 0.2) is 40.9 Å². The van der Waals surface area contributed by atoms with Gasteiger partial charge in [0.15, 0.2) is 0 Å². The van der Waals surface area contributed by atoms with Crippen molar-refractivity contribution < 1.29 is 0 Å². The number of benzene rings is 2. The molecule has 0 aliphatic heterocycles. The van der Waals surface area contributed by atoms with Gasteiger partial charge in [-0.2, -0.15) is 0 Å². The van der Waals surface area contributed by atoms with Crippen molar-refractivity contribution in [3.05, 3.63) is 61.5 Å². The van der Waals surface area contributed by atoms with Crippen molar-refractivity contribution >= 4 is 56.4 Å². The molecule has 1 nitrogen and oxygen atoms in total. The second-order valence-corrected chi connectivity index (χ2v) is 6.24. The molecule has 2 rings (SSSR count). The molecule has 1 atom stereocenters. The quantitative estimate of drug-likeness (QED) is 0.635. The molecule has 0 aromatic heterocycles. The Bertz CT molecular complexity index is 601. The molecule has 2 aromatic rings. The molecule has 0 amide bonds. The van der Waals surface area contributed by atoms with Gasteiger partial charge in [0, 0.05) is 16.2 Å². The number of anilines is 1. The number of nitrogens with one attached hydrogen (secondary N) is 1. The molecule has 1 N–H and O–H groups in total. The van der Waals surface area contributed by atoms with Crippen molar-refractivity contribution in [1.82, 2.24) is 0 Å². The van der Waals surface area contributed by atoms with E-state index < -0.39 is 0 Å². The maximum atomic E-state index is 6.06. The van der Waals surface area contributed by atoms with Gasteiger partial charge in [0.1, 0.15) is 0 Å². The molecular weight excluding hydrogens is 368 g/mol. The highest BCUT2D eigenvalue weighted by atomic mass is 79.9. The first-order valence-electron chi connectivity index (χ1n) is 5.64. The van der Waals surface area contributed by atoms with Crippen LogP contribution >= 0.6 is 50.7 Å². The van der Waals surface area contributed by atoms with Crippen molar-refractivity contribution in [3.8, 4) is 0 Å². The summed E-state index contributed by atoms with van der Waals surface area (Å²) in [7, 11) is 0. The number of halogens is 4. The maximum absolute atomic E-state index is 6.06. The minimum Gasteiger partial charge on any atom is -0.378 e. The van der Waals surface area contributed by atoms with Crippen LogP contribution in [0.2, 0.25) is 15.1 Å². The third-order valence-corrected chi connectivity index (χ3v) is 4.72. The summed E-state index contributed by atoms with van der Waals surface area (Å²) >= 11 is 21.4. The summed E-state index contributed by atoms with van der Waals surface area (Å²) in [4.78, 5) is 0. The molecule has 0 bridgehead atoms. The summed E-state index contributed by atoms with van der Waals surface area (Å²) in [5.41, 5.74) is 2.01. The zero-order valence-electron chi connectivity index (χ0n) is 10.1. The third-order valence-electron chi connectivity index (χ3n) is 2.75. The Morgan fingerprint density at radius 3 is 2.32 bits per heavy atom. The Labute approximate surface area is 136 Å². The SMILES string of the molecule is CC(Nc1ccc(Br)c(Cl)c1)c1ccc(Cl)c(Cl)c1. The highest BCUT2D eigenvalue weighted by Crippen LogP contribution is 2.30. The molecule has 0 aliphatic carbocycles. The summed E-state index contributed by atoms with van der Waals surface area (Å²) < 4.78 is 0.877. The van der Waals surface area contributed by atoms with Gasteiger partial charge >= 0.3 is 0 Å². The normalized spacial score (nSPS) is 12.3. The molecule has 19 heavy (non-hydrogen) atoms. The monoisotopic (exact) mass is 377 g/mol. The fraction of sp³-hybridized carbons (Fsp3) is 0.143. The lowest BCUT2D eigenvalue weighted by Crippen LogP contribution is -2.06. The van der Waals surface area contributed by atoms with Crippen LogP contribution in [-0.4, -0.2) is 0 Å². The molecular formula is C14H11BrCl3N. The summed E-state index contributed by atoms with van der Waals surface area (Å²) in [5.74, 6) is 0. The molecule has 2 aromatic carbocycles. The van der Waals surface area contributed by atoms with Crippen LogP contribution in [-0.2, 0) is 0 Å². The van der Waals surface area contributed by atoms with Gasteiger partial charge in [0.2, 0.25) is 0 Å². The topological polar surface area (TPSA) is 12.0 Å². The predicted molar refractivity (Wildman–Crippen MR) is 87.7 cm³/mol. The van der Waals surface area contributed by atoms with E-state index in [4.69, 9.17) is 34.8 Å². The average molecular weight is 380 g/mol. The average Bonchev–Trinajstić information content (AvgIpc) is 2.37. The van der Waals surface area contributed by atoms with Crippen LogP contribution in [0.3, 0.4) is 0 Å². The Balaban J connectivity index is 2.17. The first-order chi connectivity index (χ1) is 8.97. The zero-order valence-corrected chi connectivity index (χ0v) is 13.9. The fourth-order valence-electron chi connectivity index (χ4n) is 1.70. The highest BCUT2D eigenvalue weighted by molar-refractivity contribution is 9.10. The van der Waals surface area contributed by atoms with Crippen molar-refractivity contribution in [1.29, 1.82) is 0 Å². The van der Waals surface area contributed by atoms with Gasteiger partial charge in [0.05, 0.1) is 15.1 Å². The van der Waals surface area contributed by atoms with E-state index in [1.54, 1.807) is 6.07 Å². The highest BCUT2D eigenvalue weighted by Gasteiger charge is 2.08. The molecule has 0 aliphatic rings. The van der Waals surface area contributed by atoms with Crippen LogP contribution in [0.5, 0.6) is 0 Å². The number of rotatable bonds is 3. The van der Waals surface area contributed by atoms with Crippen LogP contribution < -0.4 is 5.32 Å². The first-order valence-corrected chi connectivity index (χ1v) is 7.56. The van der Waals surface area contributed by atoms with Crippen molar-refractivity contribution in [2.75, 3.05) is 5.32 Å². The zero-order chi connectivity index (χ0) is 14.0. The van der Waals surface area contributed by atoms with E-state index in [0.29, 0.717) is 15.1 Å². The number of hydrogen-bond acceptors (Lipinski definition) is 1. The largest absolute Gasteiger partial charge is 0.378 e. The molecule has 0 saturated heterocycles. The Hall–Kier alpha value is -0.410. The lowest BCUT2D eigenvalue weighted by Gasteiger charge is -2.16. The smallest absolute Gasteiger partial charge is 0.0595 e. The fourth-order valence-corrected chi connectivity index (χ4v) is 2.43. The van der Waals surface area contributed by atoms with Gasteiger partial charge in [-0.05, 0) is 58.7 Å². The molecule has 0 saturated carbocycles. The van der Waals surface area contributed by atoms with Crippen LogP contribution in [0.1, 0.15) is 18.5 Å². The van der Waals surface area contributed by atoms with Crippen molar-refractivity contribution in [2.45, 2.75) is 13.0 Å². The molecule has 0 fully saturated rings. The van der Waals surface area contributed by atoms with E-state index in [-0.39, 0.29) is 6.04 Å². The van der Waals surface area contributed by atoms with Gasteiger partial charge in [-0.15, -0.1) is 0 Å². The van der Waals surface area contributed by atoms with Crippen LogP contribution in [0.4, 0.5) is 5.69 Å². The Morgan fingerprint density at radius 2 is 1.68 bits per heavy atom. The molecule has 5 heteroatoms. The van der Waals surface area contributed by atoms with Crippen molar-refractivity contribution in [2.24, 2.45) is 0 Å². The molecule has 0 radical (unpaired) electrons. The summed E-state index contributed by atoms with van der Waals surface area (Å²) in [6.07, 6.45) is 0. The van der Waals surface area contributed by atoms with E-state index in [1.807, 2.05) is 30.3 Å². The van der Waals surface area contributed by atoms with Crippen molar-refractivity contribution in [3.63, 3.8) is 0 Å². The maximum Gasteiger partial charge on any atom is 0.0595 e. The van der Waals surface area contributed by atoms with Gasteiger partial charge in [-0.1, -0.05) is 40.9 Å². The summed E-state index contributed by atoms with van der Waals surface area (Å²) in [5, 5.41) is 5.16. The lowest BCUT2D eigenvalue weighted by molar-refractivity contribution is 0.885. The summed E-state index contributed by atoms with van der Waals surface area (Å²) in [6, 6.07) is 11.5. The molecule has 0 heterocycles. The molecule has 0 spiro atoms. The van der Waals surface area contributed by atoms with E-state index in [2.05, 4.69) is 28.2 Å². The summed E-state index contributed by atoms with van der Waals surface area (Å²) in [6.45, 7) is 2.05. The Morgan fingerprint density at radius 1 is 0.947 bits per heavy atom. The van der Waals surface area contributed by atoms with Gasteiger partial charge < -0.3 is 5.32 Å². The third kappa shape index (κ3) is 3.79. The van der Waals surface area contributed by atoms with Crippen LogP contribution in [0.25, 0.3) is 0 Å². The van der Waals surface area contributed by atoms with Gasteiger partial charge in [-0.3, -0.25) is 0 Å². The minimum atomic E-state index is 0.104. The second kappa shape index (κ2) is 6.36. The van der Waals surface area contributed by atoms with Gasteiger partial charge in [0.25, 0.3) is 0 Å². The second-order valence-electron chi connectivity index (χ2n) is 4.17. The van der Waals surface area contributed by atoms with Gasteiger partial charge in [-0.25, -0.2) is 0 Å². The van der Waals surface area contributed by atoms with E-state index in [0.717, 1.165) is 15.7 Å². The predicted octanol–water partition coefficient (Wildman–Crippen LogP) is 6.58. The van der Waals surface area contributed by atoms with E-state index in [9.17, 15) is 0 Å². The Kier molecular flexibility index (Phi) is 5.02. The lowest BCUT2D eigenvalue weighted by atomic mass is 10.1. The minimum absolute atomic E-state index is 0.104. The van der Waals surface area contributed by atoms with Crippen LogP contribution in [0, 0.1) is 0 Å². The molecule has 1 unspecified atom stereocenters. The standard InChI is InChI=1S/C14H11BrCl3N/c1-8(9-2-5-12(16)14(18)6-9)19-10-3-4-11(15)13(17)7-10/h2-8,19H,1H3. The van der Waals surface area contributed by atoms with E-state index in [1.165, 1.54) is 0 Å². The van der Waals surface area contributed by atoms with E-state index >= 15 is 0 Å².